The first-order chi connectivity index (χ1) is 14.7. The molecule has 10 heteroatoms. The highest BCUT2D eigenvalue weighted by molar-refractivity contribution is 7.14. The predicted octanol–water partition coefficient (Wildman–Crippen LogP) is 2.98. The van der Waals surface area contributed by atoms with E-state index in [4.69, 9.17) is 4.74 Å². The molecule has 0 aliphatic carbocycles. The van der Waals surface area contributed by atoms with E-state index in [1.54, 1.807) is 41.4 Å². The summed E-state index contributed by atoms with van der Waals surface area (Å²) in [5, 5.41) is 7.33. The first kappa shape index (κ1) is 22.8. The number of nitrogens with one attached hydrogen (secondary N) is 1. The minimum absolute atomic E-state index is 0.0756. The third kappa shape index (κ3) is 5.07. The second kappa shape index (κ2) is 9.51. The van der Waals surface area contributed by atoms with Crippen LogP contribution in [0, 0.1) is 20.8 Å². The summed E-state index contributed by atoms with van der Waals surface area (Å²) < 4.78 is 6.60. The van der Waals surface area contributed by atoms with Gasteiger partial charge in [0.1, 0.15) is 6.04 Å². The summed E-state index contributed by atoms with van der Waals surface area (Å²) in [6, 6.07) is 1.35. The number of thiophene rings is 1. The van der Waals surface area contributed by atoms with Crippen LogP contribution in [0.15, 0.2) is 12.3 Å². The Balaban J connectivity index is 1.62. The summed E-state index contributed by atoms with van der Waals surface area (Å²) in [7, 11) is 0. The molecule has 31 heavy (non-hydrogen) atoms. The molecule has 2 aromatic rings. The smallest absolute Gasteiger partial charge is 0.409 e. The molecule has 1 fully saturated rings. The second-order valence-corrected chi connectivity index (χ2v) is 8.86. The predicted molar refractivity (Wildman–Crippen MR) is 119 cm³/mol. The van der Waals surface area contributed by atoms with Crippen molar-refractivity contribution in [1.82, 2.24) is 19.6 Å². The summed E-state index contributed by atoms with van der Waals surface area (Å²) in [5.74, 6) is -0.258. The van der Waals surface area contributed by atoms with Crippen LogP contribution in [0.4, 0.5) is 10.5 Å². The molecule has 0 spiro atoms. The van der Waals surface area contributed by atoms with E-state index in [0.717, 1.165) is 10.4 Å². The molecule has 0 aromatic carbocycles. The normalized spacial score (nSPS) is 15.0. The minimum Gasteiger partial charge on any atom is -0.450 e. The van der Waals surface area contributed by atoms with Gasteiger partial charge in [0.05, 0.1) is 22.9 Å². The van der Waals surface area contributed by atoms with Gasteiger partial charge >= 0.3 is 6.09 Å². The Morgan fingerprint density at radius 3 is 2.39 bits per heavy atom. The van der Waals surface area contributed by atoms with Crippen molar-refractivity contribution in [1.29, 1.82) is 0 Å². The van der Waals surface area contributed by atoms with Crippen LogP contribution in [0.25, 0.3) is 0 Å². The lowest BCUT2D eigenvalue weighted by Crippen LogP contribution is -2.52. The second-order valence-electron chi connectivity index (χ2n) is 7.60. The third-order valence-electron chi connectivity index (χ3n) is 5.43. The van der Waals surface area contributed by atoms with Crippen LogP contribution in [0.2, 0.25) is 0 Å². The average Bonchev–Trinajstić information content (AvgIpc) is 3.29. The standard InChI is InChI=1S/C21H29N5O4S/c1-6-30-21(29)25-9-7-24(8-10-25)20(28)15(4)26-12-17(14(3)23-26)22-19(27)18-11-13(2)16(5)31-18/h11-12,15H,6-10H2,1-5H3,(H,22,27). The van der Waals surface area contributed by atoms with Crippen molar-refractivity contribution in [2.45, 2.75) is 40.7 Å². The SMILES string of the molecule is CCOC(=O)N1CCN(C(=O)C(C)n2cc(NC(=O)c3cc(C)c(C)s3)c(C)n2)CC1. The fourth-order valence-electron chi connectivity index (χ4n) is 3.37. The molecule has 1 atom stereocenters. The molecular weight excluding hydrogens is 418 g/mol. The maximum atomic E-state index is 12.9. The van der Waals surface area contributed by atoms with Crippen molar-refractivity contribution in [3.05, 3.63) is 33.3 Å². The number of aryl methyl sites for hydroxylation is 3. The van der Waals surface area contributed by atoms with Gasteiger partial charge in [-0.2, -0.15) is 5.10 Å². The van der Waals surface area contributed by atoms with Crippen molar-refractivity contribution in [2.24, 2.45) is 0 Å². The quantitative estimate of drug-likeness (QED) is 0.760. The van der Waals surface area contributed by atoms with Gasteiger partial charge in [0.2, 0.25) is 5.91 Å². The number of ether oxygens (including phenoxy) is 1. The van der Waals surface area contributed by atoms with Crippen molar-refractivity contribution in [2.75, 3.05) is 38.1 Å². The number of rotatable bonds is 5. The van der Waals surface area contributed by atoms with Crippen molar-refractivity contribution in [3.63, 3.8) is 0 Å². The molecule has 1 aliphatic rings. The topological polar surface area (TPSA) is 96.8 Å². The molecule has 1 aliphatic heterocycles. The van der Waals surface area contributed by atoms with Crippen molar-refractivity contribution >= 4 is 34.9 Å². The monoisotopic (exact) mass is 447 g/mol. The molecule has 0 bridgehead atoms. The molecule has 0 radical (unpaired) electrons. The van der Waals surface area contributed by atoms with Gasteiger partial charge < -0.3 is 19.9 Å². The molecule has 1 N–H and O–H groups in total. The zero-order chi connectivity index (χ0) is 22.7. The van der Waals surface area contributed by atoms with Gasteiger partial charge in [-0.1, -0.05) is 0 Å². The summed E-state index contributed by atoms with van der Waals surface area (Å²) in [4.78, 5) is 42.4. The van der Waals surface area contributed by atoms with Crippen molar-refractivity contribution in [3.8, 4) is 0 Å². The number of piperazine rings is 1. The summed E-state index contributed by atoms with van der Waals surface area (Å²) in [5.41, 5.74) is 2.32. The number of nitrogens with zero attached hydrogens (tertiary/aromatic N) is 4. The van der Waals surface area contributed by atoms with E-state index in [1.807, 2.05) is 19.9 Å². The number of carbonyl (C=O) groups is 3. The van der Waals surface area contributed by atoms with Gasteiger partial charge in [-0.25, -0.2) is 4.79 Å². The van der Waals surface area contributed by atoms with Crippen LogP contribution < -0.4 is 5.32 Å². The molecule has 1 saturated heterocycles. The maximum Gasteiger partial charge on any atom is 0.409 e. The number of hydrogen-bond acceptors (Lipinski definition) is 6. The largest absolute Gasteiger partial charge is 0.450 e. The van der Waals surface area contributed by atoms with Crippen LogP contribution in [-0.4, -0.2) is 70.3 Å². The molecule has 2 aromatic heterocycles. The van der Waals surface area contributed by atoms with E-state index in [1.165, 1.54) is 11.3 Å². The first-order valence-electron chi connectivity index (χ1n) is 10.4. The van der Waals surface area contributed by atoms with E-state index in [-0.39, 0.29) is 17.9 Å². The van der Waals surface area contributed by atoms with Crippen LogP contribution in [-0.2, 0) is 9.53 Å². The fraction of sp³-hybridized carbons (Fsp3) is 0.524. The van der Waals surface area contributed by atoms with Gasteiger partial charge in [-0.05, 0) is 46.2 Å². The molecule has 0 saturated carbocycles. The van der Waals surface area contributed by atoms with Gasteiger partial charge in [-0.3, -0.25) is 14.3 Å². The summed E-state index contributed by atoms with van der Waals surface area (Å²) >= 11 is 1.45. The molecule has 9 nitrogen and oxygen atoms in total. The van der Waals surface area contributed by atoms with Gasteiger partial charge in [0.15, 0.2) is 0 Å². The Morgan fingerprint density at radius 2 is 1.81 bits per heavy atom. The molecule has 1 unspecified atom stereocenters. The van der Waals surface area contributed by atoms with E-state index < -0.39 is 6.04 Å². The first-order valence-corrected chi connectivity index (χ1v) is 11.2. The van der Waals surface area contributed by atoms with Crippen LogP contribution in [0.3, 0.4) is 0 Å². The van der Waals surface area contributed by atoms with Crippen LogP contribution >= 0.6 is 11.3 Å². The highest BCUT2D eigenvalue weighted by Crippen LogP contribution is 2.23. The molecule has 168 valence electrons. The lowest BCUT2D eigenvalue weighted by atomic mass is 10.2. The lowest BCUT2D eigenvalue weighted by molar-refractivity contribution is -0.136. The average molecular weight is 448 g/mol. The van der Waals surface area contributed by atoms with Crippen molar-refractivity contribution < 1.29 is 19.1 Å². The Kier molecular flexibility index (Phi) is 6.99. The zero-order valence-electron chi connectivity index (χ0n) is 18.6. The Hall–Kier alpha value is -2.88. The highest BCUT2D eigenvalue weighted by atomic mass is 32.1. The van der Waals surface area contributed by atoms with Gasteiger partial charge in [0, 0.05) is 37.3 Å². The molecule has 3 heterocycles. The Morgan fingerprint density at radius 1 is 1.16 bits per heavy atom. The zero-order valence-corrected chi connectivity index (χ0v) is 19.4. The van der Waals surface area contributed by atoms with E-state index in [0.29, 0.717) is 49.0 Å². The Labute approximate surface area is 186 Å². The number of anilines is 1. The number of aromatic nitrogens is 2. The highest BCUT2D eigenvalue weighted by Gasteiger charge is 2.29. The van der Waals surface area contributed by atoms with E-state index in [9.17, 15) is 14.4 Å². The lowest BCUT2D eigenvalue weighted by Gasteiger charge is -2.35. The molecule has 3 rings (SSSR count). The number of amides is 3. The van der Waals surface area contributed by atoms with Crippen LogP contribution in [0.5, 0.6) is 0 Å². The van der Waals surface area contributed by atoms with E-state index in [2.05, 4.69) is 10.4 Å². The number of hydrogen-bond donors (Lipinski definition) is 1. The summed E-state index contributed by atoms with van der Waals surface area (Å²) in [6.45, 7) is 11.4. The summed E-state index contributed by atoms with van der Waals surface area (Å²) in [6.07, 6.45) is 1.35. The third-order valence-corrected chi connectivity index (χ3v) is 6.58. The molecule has 3 amide bonds. The van der Waals surface area contributed by atoms with Gasteiger partial charge in [0.25, 0.3) is 5.91 Å². The minimum atomic E-state index is -0.523. The fourth-order valence-corrected chi connectivity index (χ4v) is 4.30. The number of carbonyl (C=O) groups excluding carboxylic acids is 3. The van der Waals surface area contributed by atoms with Gasteiger partial charge in [-0.15, -0.1) is 11.3 Å². The molecular formula is C21H29N5O4S. The van der Waals surface area contributed by atoms with Crippen LogP contribution in [0.1, 0.15) is 45.7 Å². The maximum absolute atomic E-state index is 12.9. The Bertz CT molecular complexity index is 955. The van der Waals surface area contributed by atoms with E-state index >= 15 is 0 Å².